The van der Waals surface area contributed by atoms with Crippen LogP contribution in [0.4, 0.5) is 22.0 Å². The van der Waals surface area contributed by atoms with E-state index in [1.807, 2.05) is 0 Å². The molecule has 0 radical (unpaired) electrons. The average molecular weight is 324 g/mol. The van der Waals surface area contributed by atoms with E-state index in [-0.39, 0.29) is 0 Å². The van der Waals surface area contributed by atoms with Crippen LogP contribution in [0.1, 0.15) is 38.5 Å². The van der Waals surface area contributed by atoms with Crippen molar-refractivity contribution in [3.05, 3.63) is 0 Å². The van der Waals surface area contributed by atoms with Crippen LogP contribution in [0.2, 0.25) is 0 Å². The maximum absolute atomic E-state index is 14.1. The minimum absolute atomic E-state index is 0.389. The van der Waals surface area contributed by atoms with Crippen molar-refractivity contribution in [2.24, 2.45) is 34.0 Å². The fourth-order valence-corrected chi connectivity index (χ4v) is 6.35. The van der Waals surface area contributed by atoms with Crippen molar-refractivity contribution in [2.45, 2.75) is 38.5 Å². The molecule has 0 aromatic heterocycles. The normalized spacial score (nSPS) is 37.8. The monoisotopic (exact) mass is 324 g/mol. The van der Waals surface area contributed by atoms with Gasteiger partial charge in [0.2, 0.25) is 0 Å². The molecule has 128 valence electrons. The lowest BCUT2D eigenvalue weighted by Gasteiger charge is -2.66. The van der Waals surface area contributed by atoms with E-state index in [1.54, 1.807) is 0 Å². The smallest absolute Gasteiger partial charge is 0.101 e. The second kappa shape index (κ2) is 5.62. The molecule has 4 saturated carbocycles. The number of rotatable bonds is 7. The maximum Gasteiger partial charge on any atom is 0.101 e. The summed E-state index contributed by atoms with van der Waals surface area (Å²) in [7, 11) is 0. The highest BCUT2D eigenvalue weighted by Crippen LogP contribution is 2.70. The summed E-state index contributed by atoms with van der Waals surface area (Å²) in [4.78, 5) is 0. The molecule has 0 aromatic carbocycles. The minimum Gasteiger partial charge on any atom is -0.250 e. The van der Waals surface area contributed by atoms with Gasteiger partial charge in [-0.1, -0.05) is 0 Å². The lowest BCUT2D eigenvalue weighted by Crippen LogP contribution is -2.65. The SMILES string of the molecule is FCC(CF)(CF)C(CF)(CF)C12CC3CC(CC(C3)C1)C2. The van der Waals surface area contributed by atoms with Crippen molar-refractivity contribution in [3.63, 3.8) is 0 Å². The van der Waals surface area contributed by atoms with Crippen molar-refractivity contribution in [1.29, 1.82) is 0 Å². The third-order valence-electron chi connectivity index (χ3n) is 7.29. The van der Waals surface area contributed by atoms with E-state index in [0.717, 1.165) is 19.3 Å². The standard InChI is InChI=1S/C17H25F5/c18-7-16(8-19,9-20)17(10-21,11-22)15-4-12-1-13(5-15)3-14(2-12)6-15/h12-14H,1-11H2. The number of halogens is 5. The predicted molar refractivity (Wildman–Crippen MR) is 75.3 cm³/mol. The van der Waals surface area contributed by atoms with Gasteiger partial charge in [0.05, 0.1) is 18.8 Å². The highest BCUT2D eigenvalue weighted by molar-refractivity contribution is 5.15. The largest absolute Gasteiger partial charge is 0.250 e. The molecular weight excluding hydrogens is 299 g/mol. The first-order valence-corrected chi connectivity index (χ1v) is 8.34. The third-order valence-corrected chi connectivity index (χ3v) is 7.29. The van der Waals surface area contributed by atoms with E-state index in [1.165, 1.54) is 0 Å². The molecule has 0 amide bonds. The van der Waals surface area contributed by atoms with Gasteiger partial charge in [-0.2, -0.15) is 0 Å². The Morgan fingerprint density at radius 3 is 1.27 bits per heavy atom. The molecular formula is C17H25F5. The fourth-order valence-electron chi connectivity index (χ4n) is 6.35. The zero-order chi connectivity index (χ0) is 16.0. The molecule has 5 heteroatoms. The van der Waals surface area contributed by atoms with Crippen LogP contribution in [0, 0.1) is 34.0 Å². The molecule has 0 nitrogen and oxygen atoms in total. The molecule has 4 aliphatic rings. The van der Waals surface area contributed by atoms with Gasteiger partial charge in [0.25, 0.3) is 0 Å². The molecule has 22 heavy (non-hydrogen) atoms. The lowest BCUT2D eigenvalue weighted by molar-refractivity contribution is -0.212. The summed E-state index contributed by atoms with van der Waals surface area (Å²) in [5, 5.41) is 0. The van der Waals surface area contributed by atoms with Gasteiger partial charge in [-0.05, 0) is 61.7 Å². The van der Waals surface area contributed by atoms with Crippen molar-refractivity contribution in [1.82, 2.24) is 0 Å². The van der Waals surface area contributed by atoms with Crippen molar-refractivity contribution in [3.8, 4) is 0 Å². The molecule has 0 N–H and O–H groups in total. The molecule has 0 aromatic rings. The molecule has 4 rings (SSSR count). The lowest BCUT2D eigenvalue weighted by atomic mass is 9.39. The van der Waals surface area contributed by atoms with Crippen LogP contribution in [0.3, 0.4) is 0 Å². The van der Waals surface area contributed by atoms with E-state index >= 15 is 0 Å². The Bertz CT molecular complexity index is 356. The first-order valence-electron chi connectivity index (χ1n) is 8.34. The zero-order valence-electron chi connectivity index (χ0n) is 12.9. The summed E-state index contributed by atoms with van der Waals surface area (Å²) < 4.78 is 69.2. The van der Waals surface area contributed by atoms with Gasteiger partial charge in [0, 0.05) is 5.41 Å². The van der Waals surface area contributed by atoms with Gasteiger partial charge in [-0.3, -0.25) is 22.0 Å². The topological polar surface area (TPSA) is 0 Å². The van der Waals surface area contributed by atoms with Gasteiger partial charge < -0.3 is 0 Å². The molecule has 0 saturated heterocycles. The van der Waals surface area contributed by atoms with Crippen LogP contribution in [0.25, 0.3) is 0 Å². The highest BCUT2D eigenvalue weighted by atomic mass is 19.2. The summed E-state index contributed by atoms with van der Waals surface area (Å²) in [6.45, 7) is -6.36. The Labute approximate surface area is 128 Å². The molecule has 0 heterocycles. The molecule has 4 bridgehead atoms. The van der Waals surface area contributed by atoms with E-state index in [2.05, 4.69) is 0 Å². The Hall–Kier alpha value is -0.350. The van der Waals surface area contributed by atoms with Crippen LogP contribution in [0.5, 0.6) is 0 Å². The van der Waals surface area contributed by atoms with Gasteiger partial charge in [-0.25, -0.2) is 0 Å². The van der Waals surface area contributed by atoms with Gasteiger partial charge in [-0.15, -0.1) is 0 Å². The average Bonchev–Trinajstić information content (AvgIpc) is 2.51. The van der Waals surface area contributed by atoms with Crippen LogP contribution in [-0.2, 0) is 0 Å². The van der Waals surface area contributed by atoms with Gasteiger partial charge in [0.1, 0.15) is 20.0 Å². The van der Waals surface area contributed by atoms with Gasteiger partial charge in [0.15, 0.2) is 0 Å². The quantitative estimate of drug-likeness (QED) is 0.577. The first-order chi connectivity index (χ1) is 10.5. The Morgan fingerprint density at radius 2 is 1.00 bits per heavy atom. The Balaban J connectivity index is 2.07. The molecule has 0 unspecified atom stereocenters. The Morgan fingerprint density at radius 1 is 0.636 bits per heavy atom. The van der Waals surface area contributed by atoms with E-state index in [4.69, 9.17) is 0 Å². The van der Waals surface area contributed by atoms with Crippen LogP contribution < -0.4 is 0 Å². The van der Waals surface area contributed by atoms with E-state index < -0.39 is 49.6 Å². The zero-order valence-corrected chi connectivity index (χ0v) is 12.9. The van der Waals surface area contributed by atoms with Crippen LogP contribution >= 0.6 is 0 Å². The summed E-state index contributed by atoms with van der Waals surface area (Å²) >= 11 is 0. The second-order valence-corrected chi connectivity index (χ2v) is 8.23. The summed E-state index contributed by atoms with van der Waals surface area (Å²) in [5.41, 5.74) is -4.79. The van der Waals surface area contributed by atoms with Crippen LogP contribution in [0.15, 0.2) is 0 Å². The fraction of sp³-hybridized carbons (Fsp3) is 1.00. The van der Waals surface area contributed by atoms with Crippen molar-refractivity contribution in [2.75, 3.05) is 33.4 Å². The second-order valence-electron chi connectivity index (χ2n) is 8.23. The first kappa shape index (κ1) is 16.5. The molecule has 4 aliphatic carbocycles. The highest BCUT2D eigenvalue weighted by Gasteiger charge is 2.68. The molecule has 0 aliphatic heterocycles. The summed E-state index contributed by atoms with van der Waals surface area (Å²) in [5.74, 6) is 1.17. The molecule has 4 fully saturated rings. The van der Waals surface area contributed by atoms with E-state index in [9.17, 15) is 22.0 Å². The van der Waals surface area contributed by atoms with Crippen molar-refractivity contribution < 1.29 is 22.0 Å². The predicted octanol–water partition coefficient (Wildman–Crippen LogP) is 5.02. The number of hydrogen-bond donors (Lipinski definition) is 0. The van der Waals surface area contributed by atoms with Crippen molar-refractivity contribution >= 4 is 0 Å². The summed E-state index contributed by atoms with van der Waals surface area (Å²) in [6.07, 6.45) is 4.99. The van der Waals surface area contributed by atoms with Gasteiger partial charge >= 0.3 is 0 Å². The third kappa shape index (κ3) is 1.92. The number of hydrogen-bond acceptors (Lipinski definition) is 0. The maximum atomic E-state index is 14.1. The molecule has 0 spiro atoms. The summed E-state index contributed by atoms with van der Waals surface area (Å²) in [6, 6.07) is 0. The number of alkyl halides is 5. The Kier molecular flexibility index (Phi) is 4.22. The minimum atomic E-state index is -2.16. The van der Waals surface area contributed by atoms with E-state index in [0.29, 0.717) is 37.0 Å². The molecule has 0 atom stereocenters. The van der Waals surface area contributed by atoms with Crippen LogP contribution in [-0.4, -0.2) is 33.4 Å².